The molecule has 0 aromatic carbocycles. The van der Waals surface area contributed by atoms with Crippen molar-refractivity contribution >= 4 is 0 Å². The van der Waals surface area contributed by atoms with Gasteiger partial charge in [-0.05, 0) is 0 Å². The quantitative estimate of drug-likeness (QED) is 0.480. The van der Waals surface area contributed by atoms with E-state index in [0.29, 0.717) is 0 Å². The third-order valence-corrected chi connectivity index (χ3v) is 0.0500. The topological polar surface area (TPSA) is 82.6 Å². The number of hydrogen-bond donors (Lipinski definition) is 1. The van der Waals surface area contributed by atoms with E-state index in [1.165, 1.54) is 12.1 Å². The first-order chi connectivity index (χ1) is 1.91. The van der Waals surface area contributed by atoms with E-state index in [0.717, 1.165) is 0 Å². The minimum Gasteiger partial charge on any atom is -0.344 e. The molecule has 0 bridgehead atoms. The molecule has 4 heteroatoms. The van der Waals surface area contributed by atoms with Crippen LogP contribution in [0, 0.1) is 22.7 Å². The Kier molecular flexibility index (Phi) is 69.7. The summed E-state index contributed by atoms with van der Waals surface area (Å²) >= 11 is 0. The van der Waals surface area contributed by atoms with Crippen LogP contribution in [0.3, 0.4) is 0 Å². The molecule has 0 saturated carbocycles. The van der Waals surface area contributed by atoms with Gasteiger partial charge in [-0.25, -0.2) is 0 Å². The first kappa shape index (κ1) is 17.6. The van der Waals surface area contributed by atoms with Gasteiger partial charge in [0.1, 0.15) is 0 Å². The zero-order chi connectivity index (χ0) is 3.41. The Morgan fingerprint density at radius 1 is 1.00 bits per heavy atom. The molecule has 0 atom stereocenters. The average Bonchev–Trinajstić information content (AvgIpc) is 1.37. The van der Waals surface area contributed by atoms with Gasteiger partial charge < -0.3 is 6.15 Å². The molecule has 0 saturated heterocycles. The van der Waals surface area contributed by atoms with Gasteiger partial charge in [0.25, 0.3) is 0 Å². The van der Waals surface area contributed by atoms with Gasteiger partial charge in [0.2, 0.25) is 0 Å². The van der Waals surface area contributed by atoms with Gasteiger partial charge in [0.05, 0.1) is 0 Å². The summed E-state index contributed by atoms with van der Waals surface area (Å²) in [5, 5.41) is 14.5. The molecule has 0 radical (unpaired) electrons. The number of nitrogens with zero attached hydrogens (tertiary/aromatic N) is 2. The molecule has 0 heterocycles. The smallest absolute Gasteiger partial charge is 0.181 e. The van der Waals surface area contributed by atoms with Crippen molar-refractivity contribution < 1.29 is 19.5 Å². The van der Waals surface area contributed by atoms with Crippen molar-refractivity contribution in [1.82, 2.24) is 6.15 Å². The van der Waals surface area contributed by atoms with Crippen LogP contribution in [-0.4, -0.2) is 0 Å². The van der Waals surface area contributed by atoms with Crippen LogP contribution in [0.15, 0.2) is 0 Å². The summed E-state index contributed by atoms with van der Waals surface area (Å²) < 4.78 is 0. The average molecular weight is 134 g/mol. The Balaban J connectivity index is -0.0000000450. The van der Waals surface area contributed by atoms with Crippen molar-refractivity contribution in [2.45, 2.75) is 0 Å². The van der Waals surface area contributed by atoms with Gasteiger partial charge in [-0.1, -0.05) is 0 Å². The van der Waals surface area contributed by atoms with Gasteiger partial charge in [-0.15, -0.1) is 0 Å². The third kappa shape index (κ3) is 73.8. The van der Waals surface area contributed by atoms with E-state index in [4.69, 9.17) is 10.5 Å². The molecule has 0 aromatic rings. The van der Waals surface area contributed by atoms with E-state index in [9.17, 15) is 0 Å². The van der Waals surface area contributed by atoms with Crippen molar-refractivity contribution in [3.63, 3.8) is 0 Å². The van der Waals surface area contributed by atoms with Gasteiger partial charge in [0.15, 0.2) is 12.1 Å². The molecular formula is C2H3N3Zn. The molecular weight excluding hydrogens is 131 g/mol. The van der Waals surface area contributed by atoms with Gasteiger partial charge in [-0.3, -0.25) is 0 Å². The van der Waals surface area contributed by atoms with E-state index in [1.807, 2.05) is 0 Å². The van der Waals surface area contributed by atoms with Crippen LogP contribution >= 0.6 is 0 Å². The zero-order valence-electron chi connectivity index (χ0n) is 3.31. The van der Waals surface area contributed by atoms with E-state index in [-0.39, 0.29) is 25.6 Å². The van der Waals surface area contributed by atoms with Crippen molar-refractivity contribution in [3.05, 3.63) is 0 Å². The number of nitriles is 2. The van der Waals surface area contributed by atoms with Crippen LogP contribution in [0.25, 0.3) is 0 Å². The monoisotopic (exact) mass is 133 g/mol. The van der Waals surface area contributed by atoms with Crippen LogP contribution in [0.4, 0.5) is 0 Å². The van der Waals surface area contributed by atoms with Crippen molar-refractivity contribution in [3.8, 4) is 12.1 Å². The van der Waals surface area contributed by atoms with E-state index in [2.05, 4.69) is 0 Å². The Morgan fingerprint density at radius 3 is 1.17 bits per heavy atom. The molecule has 0 aliphatic carbocycles. The maximum absolute atomic E-state index is 7.26. The maximum atomic E-state index is 7.26. The number of hydrogen-bond acceptors (Lipinski definition) is 3. The van der Waals surface area contributed by atoms with Gasteiger partial charge in [-0.2, -0.15) is 10.5 Å². The Bertz CT molecular complexity index is 63.8. The first-order valence-corrected chi connectivity index (χ1v) is 0.697. The standard InChI is InChI=1S/C2N2.H3N.Zn/c3-1-2-4;;/h;1H3;. The maximum Gasteiger partial charge on any atom is 0.181 e. The minimum atomic E-state index is 0. The normalized spacial score (nSPS) is 1.67. The first-order valence-electron chi connectivity index (χ1n) is 0.697. The number of rotatable bonds is 0. The second-order valence-corrected chi connectivity index (χ2v) is 0.224. The second-order valence-electron chi connectivity index (χ2n) is 0.224. The molecule has 3 N–H and O–H groups in total. The van der Waals surface area contributed by atoms with Crippen LogP contribution in [0.1, 0.15) is 0 Å². The summed E-state index contributed by atoms with van der Waals surface area (Å²) in [7, 11) is 0. The van der Waals surface area contributed by atoms with Crippen LogP contribution in [0.2, 0.25) is 0 Å². The summed E-state index contributed by atoms with van der Waals surface area (Å²) in [6, 6.07) is 2.47. The fraction of sp³-hybridized carbons (Fsp3) is 0. The van der Waals surface area contributed by atoms with E-state index in [1.54, 1.807) is 0 Å². The molecule has 0 unspecified atom stereocenters. The molecule has 0 amide bonds. The Morgan fingerprint density at radius 2 is 1.17 bits per heavy atom. The molecule has 0 aliphatic heterocycles. The van der Waals surface area contributed by atoms with Crippen LogP contribution in [0.5, 0.6) is 0 Å². The van der Waals surface area contributed by atoms with E-state index < -0.39 is 0 Å². The SMILES string of the molecule is N.N#CC#N.[Zn]. The molecule has 6 heavy (non-hydrogen) atoms. The second kappa shape index (κ2) is 23.7. The molecule has 3 nitrogen and oxygen atoms in total. The van der Waals surface area contributed by atoms with Gasteiger partial charge in [0, 0.05) is 19.5 Å². The van der Waals surface area contributed by atoms with Crippen molar-refractivity contribution in [2.24, 2.45) is 0 Å². The summed E-state index contributed by atoms with van der Waals surface area (Å²) in [5.74, 6) is 0. The fourth-order valence-corrected chi connectivity index (χ4v) is 0. The third-order valence-electron chi connectivity index (χ3n) is 0.0500. The van der Waals surface area contributed by atoms with Crippen molar-refractivity contribution in [1.29, 1.82) is 10.5 Å². The zero-order valence-corrected chi connectivity index (χ0v) is 6.28. The Labute approximate surface area is 48.9 Å². The Hall–Kier alpha value is -0.437. The minimum absolute atomic E-state index is 0. The molecule has 28 valence electrons. The molecule has 0 spiro atoms. The summed E-state index contributed by atoms with van der Waals surface area (Å²) in [4.78, 5) is 0. The van der Waals surface area contributed by atoms with E-state index >= 15 is 0 Å². The molecule has 0 aromatic heterocycles. The predicted molar refractivity (Wildman–Crippen MR) is 16.2 cm³/mol. The predicted octanol–water partition coefficient (Wildman–Crippen LogP) is 0.193. The summed E-state index contributed by atoms with van der Waals surface area (Å²) in [6.45, 7) is 0. The molecule has 0 aliphatic rings. The van der Waals surface area contributed by atoms with Crippen molar-refractivity contribution in [2.75, 3.05) is 0 Å². The molecule has 0 fully saturated rings. The largest absolute Gasteiger partial charge is 0.344 e. The summed E-state index contributed by atoms with van der Waals surface area (Å²) in [5.41, 5.74) is 0. The van der Waals surface area contributed by atoms with Crippen LogP contribution < -0.4 is 6.15 Å². The fourth-order valence-electron chi connectivity index (χ4n) is 0. The van der Waals surface area contributed by atoms with Gasteiger partial charge >= 0.3 is 0 Å². The summed E-state index contributed by atoms with van der Waals surface area (Å²) in [6.07, 6.45) is 0. The molecule has 0 rings (SSSR count). The van der Waals surface area contributed by atoms with Crippen LogP contribution in [-0.2, 0) is 19.5 Å².